The fourth-order valence-corrected chi connectivity index (χ4v) is 2.48. The van der Waals surface area contributed by atoms with E-state index in [4.69, 9.17) is 0 Å². The van der Waals surface area contributed by atoms with Gasteiger partial charge in [0.25, 0.3) is 0 Å². The van der Waals surface area contributed by atoms with Crippen LogP contribution in [0.1, 0.15) is 24.3 Å². The molecule has 0 radical (unpaired) electrons. The Hall–Kier alpha value is -0.550. The molecule has 0 amide bonds. The van der Waals surface area contributed by atoms with Gasteiger partial charge < -0.3 is 5.32 Å². The summed E-state index contributed by atoms with van der Waals surface area (Å²) >= 11 is 2.90. The van der Waals surface area contributed by atoms with Crippen molar-refractivity contribution in [1.82, 2.24) is 5.32 Å². The van der Waals surface area contributed by atoms with Crippen molar-refractivity contribution in [2.75, 3.05) is 13.1 Å². The van der Waals surface area contributed by atoms with E-state index < -0.39 is 17.5 Å². The summed E-state index contributed by atoms with van der Waals surface area (Å²) in [7, 11) is 0. The van der Waals surface area contributed by atoms with Gasteiger partial charge in [0, 0.05) is 5.56 Å². The van der Waals surface area contributed by atoms with Crippen molar-refractivity contribution in [1.29, 1.82) is 0 Å². The molecule has 0 aliphatic carbocycles. The van der Waals surface area contributed by atoms with Crippen LogP contribution in [0.3, 0.4) is 0 Å². The van der Waals surface area contributed by atoms with Gasteiger partial charge in [-0.05, 0) is 53.8 Å². The maximum Gasteiger partial charge on any atom is 0.165 e. The van der Waals surface area contributed by atoms with Crippen LogP contribution in [0, 0.1) is 17.5 Å². The van der Waals surface area contributed by atoms with Crippen molar-refractivity contribution < 1.29 is 13.2 Å². The molecule has 0 aromatic heterocycles. The predicted octanol–water partition coefficient (Wildman–Crippen LogP) is 3.33. The first-order valence-electron chi connectivity index (χ1n) is 5.15. The number of benzene rings is 1. The first-order valence-corrected chi connectivity index (χ1v) is 5.94. The minimum atomic E-state index is -1.05. The highest BCUT2D eigenvalue weighted by atomic mass is 79.9. The van der Waals surface area contributed by atoms with E-state index in [0.717, 1.165) is 6.07 Å². The van der Waals surface area contributed by atoms with Gasteiger partial charge in [-0.1, -0.05) is 0 Å². The molecule has 1 aliphatic heterocycles. The lowest BCUT2D eigenvalue weighted by Crippen LogP contribution is -2.27. The zero-order chi connectivity index (χ0) is 11.7. The molecule has 1 N–H and O–H groups in total. The quantitative estimate of drug-likeness (QED) is 0.783. The molecule has 1 aromatic rings. The lowest BCUT2D eigenvalue weighted by molar-refractivity contribution is 0.408. The van der Waals surface area contributed by atoms with Crippen LogP contribution in [0.2, 0.25) is 0 Å². The van der Waals surface area contributed by atoms with E-state index in [1.54, 1.807) is 0 Å². The number of rotatable bonds is 1. The van der Waals surface area contributed by atoms with Gasteiger partial charge in [0.15, 0.2) is 11.6 Å². The summed E-state index contributed by atoms with van der Waals surface area (Å²) in [4.78, 5) is 0. The molecule has 1 nitrogen and oxygen atoms in total. The van der Waals surface area contributed by atoms with Gasteiger partial charge in [-0.3, -0.25) is 0 Å². The molecule has 2 rings (SSSR count). The highest BCUT2D eigenvalue weighted by Crippen LogP contribution is 2.34. The minimum absolute atomic E-state index is 0.0140. The monoisotopic (exact) mass is 293 g/mol. The van der Waals surface area contributed by atoms with Gasteiger partial charge in [0.05, 0.1) is 4.47 Å². The van der Waals surface area contributed by atoms with E-state index in [2.05, 4.69) is 21.2 Å². The van der Waals surface area contributed by atoms with E-state index in [9.17, 15) is 13.2 Å². The molecule has 16 heavy (non-hydrogen) atoms. The van der Waals surface area contributed by atoms with Crippen LogP contribution in [-0.4, -0.2) is 13.1 Å². The fraction of sp³-hybridized carbons (Fsp3) is 0.455. The Kier molecular flexibility index (Phi) is 3.54. The van der Waals surface area contributed by atoms with Gasteiger partial charge in [-0.25, -0.2) is 13.2 Å². The Morgan fingerprint density at radius 1 is 1.12 bits per heavy atom. The van der Waals surface area contributed by atoms with E-state index in [1.807, 2.05) is 0 Å². The fourth-order valence-electron chi connectivity index (χ4n) is 2.06. The highest BCUT2D eigenvalue weighted by molar-refractivity contribution is 9.10. The van der Waals surface area contributed by atoms with Gasteiger partial charge >= 0.3 is 0 Å². The molecule has 0 spiro atoms. The number of nitrogens with one attached hydrogen (secondary N) is 1. The topological polar surface area (TPSA) is 12.0 Å². The van der Waals surface area contributed by atoms with Crippen LogP contribution in [0.5, 0.6) is 0 Å². The molecule has 88 valence electrons. The van der Waals surface area contributed by atoms with E-state index in [-0.39, 0.29) is 16.0 Å². The SMILES string of the molecule is Fc1cc(Br)c(F)c(C2CCNCC2)c1F. The number of piperidine rings is 1. The molecular formula is C11H11BrF3N. The van der Waals surface area contributed by atoms with Crippen molar-refractivity contribution in [3.05, 3.63) is 33.6 Å². The second-order valence-corrected chi connectivity index (χ2v) is 4.76. The first kappa shape index (κ1) is 11.9. The smallest absolute Gasteiger partial charge is 0.165 e. The molecule has 1 aliphatic rings. The molecule has 0 unspecified atom stereocenters. The van der Waals surface area contributed by atoms with E-state index in [0.29, 0.717) is 25.9 Å². The Balaban J connectivity index is 2.45. The lowest BCUT2D eigenvalue weighted by atomic mass is 9.89. The largest absolute Gasteiger partial charge is 0.317 e. The summed E-state index contributed by atoms with van der Waals surface area (Å²) in [5, 5.41) is 3.10. The molecule has 5 heteroatoms. The van der Waals surface area contributed by atoms with E-state index >= 15 is 0 Å². The Labute approximate surface area is 100 Å². The zero-order valence-corrected chi connectivity index (χ0v) is 10.1. The van der Waals surface area contributed by atoms with Crippen LogP contribution in [0.25, 0.3) is 0 Å². The van der Waals surface area contributed by atoms with Gasteiger partial charge in [0.2, 0.25) is 0 Å². The third-order valence-corrected chi connectivity index (χ3v) is 3.47. The summed E-state index contributed by atoms with van der Waals surface area (Å²) in [6, 6.07) is 0.829. The molecule has 1 saturated heterocycles. The highest BCUT2D eigenvalue weighted by Gasteiger charge is 2.26. The van der Waals surface area contributed by atoms with Crippen molar-refractivity contribution in [2.24, 2.45) is 0 Å². The summed E-state index contributed by atoms with van der Waals surface area (Å²) in [5.41, 5.74) is -0.117. The summed E-state index contributed by atoms with van der Waals surface area (Å²) in [5.74, 6) is -2.96. The summed E-state index contributed by atoms with van der Waals surface area (Å²) in [6.45, 7) is 1.41. The standard InChI is InChI=1S/C11H11BrF3N/c12-7-5-8(13)11(15)9(10(7)14)6-1-3-16-4-2-6/h5-6,16H,1-4H2. The lowest BCUT2D eigenvalue weighted by Gasteiger charge is -2.24. The molecule has 0 saturated carbocycles. The van der Waals surface area contributed by atoms with Crippen LogP contribution >= 0.6 is 15.9 Å². The summed E-state index contributed by atoms with van der Waals surface area (Å²) < 4.78 is 40.5. The normalized spacial score (nSPS) is 17.8. The Morgan fingerprint density at radius 3 is 2.38 bits per heavy atom. The Morgan fingerprint density at radius 2 is 1.75 bits per heavy atom. The third-order valence-electron chi connectivity index (χ3n) is 2.89. The van der Waals surface area contributed by atoms with Crippen LogP contribution in [0.4, 0.5) is 13.2 Å². The zero-order valence-electron chi connectivity index (χ0n) is 8.49. The summed E-state index contributed by atoms with van der Waals surface area (Å²) in [6.07, 6.45) is 1.26. The van der Waals surface area contributed by atoms with Gasteiger partial charge in [-0.2, -0.15) is 0 Å². The predicted molar refractivity (Wildman–Crippen MR) is 58.9 cm³/mol. The molecule has 0 atom stereocenters. The van der Waals surface area contributed by atoms with Crippen molar-refractivity contribution in [3.63, 3.8) is 0 Å². The molecule has 1 aromatic carbocycles. The average Bonchev–Trinajstić information content (AvgIpc) is 2.28. The first-order chi connectivity index (χ1) is 7.61. The third kappa shape index (κ3) is 2.11. The maximum absolute atomic E-state index is 13.8. The second-order valence-electron chi connectivity index (χ2n) is 3.91. The van der Waals surface area contributed by atoms with E-state index in [1.165, 1.54) is 0 Å². The second kappa shape index (κ2) is 4.75. The molecule has 0 bridgehead atoms. The minimum Gasteiger partial charge on any atom is -0.317 e. The molecule has 1 fully saturated rings. The molecular weight excluding hydrogens is 283 g/mol. The van der Waals surface area contributed by atoms with Gasteiger partial charge in [-0.15, -0.1) is 0 Å². The van der Waals surface area contributed by atoms with Crippen LogP contribution in [-0.2, 0) is 0 Å². The Bertz CT molecular complexity index is 376. The molecule has 1 heterocycles. The van der Waals surface area contributed by atoms with Crippen LogP contribution in [0.15, 0.2) is 10.5 Å². The maximum atomic E-state index is 13.8. The van der Waals surface area contributed by atoms with Crippen LogP contribution < -0.4 is 5.32 Å². The number of halogens is 4. The van der Waals surface area contributed by atoms with Crippen molar-refractivity contribution >= 4 is 15.9 Å². The van der Waals surface area contributed by atoms with Crippen molar-refractivity contribution in [2.45, 2.75) is 18.8 Å². The van der Waals surface area contributed by atoms with Crippen molar-refractivity contribution in [3.8, 4) is 0 Å². The number of hydrogen-bond acceptors (Lipinski definition) is 1. The average molecular weight is 294 g/mol. The number of hydrogen-bond donors (Lipinski definition) is 1. The van der Waals surface area contributed by atoms with Gasteiger partial charge in [0.1, 0.15) is 5.82 Å².